The zero-order chi connectivity index (χ0) is 13.8. The smallest absolute Gasteiger partial charge is 0.265 e. The standard InChI is InChI=1S/C12H12Cl3NOS/c1-8(17-11(16)12(13,14)15)9(2)18-10-6-4-3-5-7-10/h3-8,16H,2H2,1H3. The summed E-state index contributed by atoms with van der Waals surface area (Å²) in [5.41, 5.74) is 0. The molecule has 98 valence electrons. The van der Waals surface area contributed by atoms with Crippen LogP contribution in [0.3, 0.4) is 0 Å². The van der Waals surface area contributed by atoms with Gasteiger partial charge in [-0.3, -0.25) is 5.41 Å². The molecule has 1 rings (SSSR count). The Bertz CT molecular complexity index is 431. The first-order valence-electron chi connectivity index (χ1n) is 5.05. The third kappa shape index (κ3) is 5.11. The van der Waals surface area contributed by atoms with Crippen molar-refractivity contribution in [3.8, 4) is 0 Å². The number of thioether (sulfide) groups is 1. The Balaban J connectivity index is 2.55. The van der Waals surface area contributed by atoms with Crippen molar-refractivity contribution in [1.29, 1.82) is 5.41 Å². The van der Waals surface area contributed by atoms with Crippen LogP contribution in [0, 0.1) is 5.41 Å². The fraction of sp³-hybridized carbons (Fsp3) is 0.250. The molecule has 0 spiro atoms. The lowest BCUT2D eigenvalue weighted by atomic mass is 10.4. The minimum Gasteiger partial charge on any atom is -0.470 e. The molecular formula is C12H12Cl3NOS. The first-order valence-corrected chi connectivity index (χ1v) is 7.00. The average molecular weight is 325 g/mol. The van der Waals surface area contributed by atoms with E-state index >= 15 is 0 Å². The fourth-order valence-electron chi connectivity index (χ4n) is 1.03. The summed E-state index contributed by atoms with van der Waals surface area (Å²) in [6.45, 7) is 5.65. The largest absolute Gasteiger partial charge is 0.470 e. The lowest BCUT2D eigenvalue weighted by Crippen LogP contribution is -2.26. The van der Waals surface area contributed by atoms with Gasteiger partial charge < -0.3 is 4.74 Å². The molecule has 0 amide bonds. The van der Waals surface area contributed by atoms with Crippen LogP contribution in [0.4, 0.5) is 0 Å². The maximum Gasteiger partial charge on any atom is 0.265 e. The Kier molecular flexibility index (Phi) is 5.86. The Morgan fingerprint density at radius 2 is 1.89 bits per heavy atom. The molecule has 1 aromatic carbocycles. The molecule has 1 N–H and O–H groups in total. The van der Waals surface area contributed by atoms with Crippen LogP contribution in [0.1, 0.15) is 6.92 Å². The lowest BCUT2D eigenvalue weighted by Gasteiger charge is -2.20. The van der Waals surface area contributed by atoms with Crippen LogP contribution in [-0.4, -0.2) is 15.8 Å². The Hall–Kier alpha value is -0.350. The minimum atomic E-state index is -1.84. The van der Waals surface area contributed by atoms with E-state index < -0.39 is 15.8 Å². The molecule has 1 unspecified atom stereocenters. The van der Waals surface area contributed by atoms with Crippen molar-refractivity contribution in [2.24, 2.45) is 0 Å². The lowest BCUT2D eigenvalue weighted by molar-refractivity contribution is 0.245. The van der Waals surface area contributed by atoms with E-state index in [1.165, 1.54) is 11.8 Å². The Morgan fingerprint density at radius 1 is 1.33 bits per heavy atom. The highest BCUT2D eigenvalue weighted by atomic mass is 35.6. The van der Waals surface area contributed by atoms with E-state index in [9.17, 15) is 0 Å². The molecule has 0 saturated heterocycles. The van der Waals surface area contributed by atoms with Crippen LogP contribution < -0.4 is 0 Å². The van der Waals surface area contributed by atoms with E-state index in [0.29, 0.717) is 0 Å². The summed E-state index contributed by atoms with van der Waals surface area (Å²) in [7, 11) is 0. The average Bonchev–Trinajstić information content (AvgIpc) is 2.28. The predicted octanol–water partition coefficient (Wildman–Crippen LogP) is 5.04. The Morgan fingerprint density at radius 3 is 2.39 bits per heavy atom. The highest BCUT2D eigenvalue weighted by Gasteiger charge is 2.30. The normalized spacial score (nSPS) is 12.9. The van der Waals surface area contributed by atoms with Gasteiger partial charge in [-0.15, -0.1) is 0 Å². The summed E-state index contributed by atoms with van der Waals surface area (Å²) in [4.78, 5) is 1.78. The van der Waals surface area contributed by atoms with Gasteiger partial charge in [-0.05, 0) is 19.1 Å². The van der Waals surface area contributed by atoms with Crippen molar-refractivity contribution < 1.29 is 4.74 Å². The molecule has 0 saturated carbocycles. The Labute approximate surface area is 126 Å². The molecule has 0 aliphatic heterocycles. The van der Waals surface area contributed by atoms with Crippen LogP contribution >= 0.6 is 46.6 Å². The zero-order valence-corrected chi connectivity index (χ0v) is 12.7. The summed E-state index contributed by atoms with van der Waals surface area (Å²) in [6, 6.07) is 9.73. The van der Waals surface area contributed by atoms with E-state index in [-0.39, 0.29) is 0 Å². The van der Waals surface area contributed by atoms with Crippen LogP contribution in [-0.2, 0) is 4.74 Å². The number of nitrogens with one attached hydrogen (secondary N) is 1. The predicted molar refractivity (Wildman–Crippen MR) is 80.0 cm³/mol. The van der Waals surface area contributed by atoms with Crippen LogP contribution in [0.2, 0.25) is 0 Å². The molecule has 1 aromatic rings. The molecule has 0 aliphatic rings. The molecular weight excluding hydrogens is 313 g/mol. The molecule has 0 aliphatic carbocycles. The fourth-order valence-corrected chi connectivity index (χ4v) is 1.98. The van der Waals surface area contributed by atoms with Gasteiger partial charge in [0, 0.05) is 9.80 Å². The van der Waals surface area contributed by atoms with Gasteiger partial charge in [-0.2, -0.15) is 0 Å². The third-order valence-corrected chi connectivity index (χ3v) is 3.61. The number of benzene rings is 1. The summed E-state index contributed by atoms with van der Waals surface area (Å²) >= 11 is 18.1. The number of hydrogen-bond acceptors (Lipinski definition) is 3. The quantitative estimate of drug-likeness (QED) is 0.364. The number of halogens is 3. The second-order valence-corrected chi connectivity index (χ2v) is 6.95. The van der Waals surface area contributed by atoms with Gasteiger partial charge in [-0.25, -0.2) is 0 Å². The molecule has 0 bridgehead atoms. The van der Waals surface area contributed by atoms with Crippen molar-refractivity contribution >= 4 is 52.5 Å². The summed E-state index contributed by atoms with van der Waals surface area (Å²) in [5, 5.41) is 7.48. The molecule has 2 nitrogen and oxygen atoms in total. The van der Waals surface area contributed by atoms with Crippen molar-refractivity contribution in [1.82, 2.24) is 0 Å². The minimum absolute atomic E-state index is 0.408. The van der Waals surface area contributed by atoms with Crippen LogP contribution in [0.5, 0.6) is 0 Å². The van der Waals surface area contributed by atoms with E-state index in [2.05, 4.69) is 6.58 Å². The van der Waals surface area contributed by atoms with Gasteiger partial charge in [0.1, 0.15) is 6.10 Å². The number of hydrogen-bond donors (Lipinski definition) is 1. The van der Waals surface area contributed by atoms with Crippen molar-refractivity contribution in [3.05, 3.63) is 41.8 Å². The van der Waals surface area contributed by atoms with Crippen LogP contribution in [0.25, 0.3) is 0 Å². The van der Waals surface area contributed by atoms with Gasteiger partial charge in [0.15, 0.2) is 0 Å². The SMILES string of the molecule is C=C(Sc1ccccc1)C(C)OC(=N)C(Cl)(Cl)Cl. The topological polar surface area (TPSA) is 33.1 Å². The summed E-state index contributed by atoms with van der Waals surface area (Å²) < 4.78 is 3.37. The zero-order valence-electron chi connectivity index (χ0n) is 9.62. The van der Waals surface area contributed by atoms with Crippen molar-refractivity contribution in [2.45, 2.75) is 21.7 Å². The summed E-state index contributed by atoms with van der Waals surface area (Å²) in [5.74, 6) is -0.408. The van der Waals surface area contributed by atoms with Gasteiger partial charge in [0.05, 0.1) is 0 Å². The molecule has 18 heavy (non-hydrogen) atoms. The molecule has 0 fully saturated rings. The second kappa shape index (κ2) is 6.71. The monoisotopic (exact) mass is 323 g/mol. The van der Waals surface area contributed by atoms with E-state index in [4.69, 9.17) is 44.9 Å². The maximum absolute atomic E-state index is 7.48. The van der Waals surface area contributed by atoms with Crippen molar-refractivity contribution in [2.75, 3.05) is 0 Å². The van der Waals surface area contributed by atoms with Gasteiger partial charge in [0.2, 0.25) is 5.90 Å². The first kappa shape index (κ1) is 15.7. The van der Waals surface area contributed by atoms with Gasteiger partial charge in [0.25, 0.3) is 3.79 Å². The first-order chi connectivity index (χ1) is 8.30. The molecule has 0 heterocycles. The van der Waals surface area contributed by atoms with Gasteiger partial charge >= 0.3 is 0 Å². The summed E-state index contributed by atoms with van der Waals surface area (Å²) in [6.07, 6.45) is -0.418. The van der Waals surface area contributed by atoms with Crippen molar-refractivity contribution in [3.63, 3.8) is 0 Å². The van der Waals surface area contributed by atoms with E-state index in [1.54, 1.807) is 6.92 Å². The van der Waals surface area contributed by atoms with E-state index in [1.807, 2.05) is 30.3 Å². The van der Waals surface area contributed by atoms with Crippen LogP contribution in [0.15, 0.2) is 46.7 Å². The van der Waals surface area contributed by atoms with Gasteiger partial charge in [-0.1, -0.05) is 71.3 Å². The molecule has 6 heteroatoms. The van der Waals surface area contributed by atoms with E-state index in [0.717, 1.165) is 9.80 Å². The highest BCUT2D eigenvalue weighted by molar-refractivity contribution is 8.03. The second-order valence-electron chi connectivity index (χ2n) is 3.47. The molecule has 1 atom stereocenters. The molecule has 0 aromatic heterocycles. The highest BCUT2D eigenvalue weighted by Crippen LogP contribution is 2.32. The number of rotatable bonds is 4. The third-order valence-electron chi connectivity index (χ3n) is 2.00. The number of alkyl halides is 3. The number of ether oxygens (including phenoxy) is 1. The molecule has 0 radical (unpaired) electrons. The maximum atomic E-state index is 7.48.